The Bertz CT molecular complexity index is 1860. The van der Waals surface area contributed by atoms with E-state index in [1.54, 1.807) is 11.3 Å². The molecule has 0 saturated heterocycles. The first-order chi connectivity index (χ1) is 20.1. The first-order valence-corrected chi connectivity index (χ1v) is 15.3. The first-order valence-electron chi connectivity index (χ1n) is 14.5. The molecule has 0 spiro atoms. The van der Waals surface area contributed by atoms with Crippen molar-refractivity contribution in [1.29, 1.82) is 0 Å². The minimum atomic E-state index is -0.321. The van der Waals surface area contributed by atoms with Crippen molar-refractivity contribution in [3.63, 3.8) is 0 Å². The molecule has 42 heavy (non-hydrogen) atoms. The van der Waals surface area contributed by atoms with Crippen molar-refractivity contribution < 1.29 is 4.79 Å². The van der Waals surface area contributed by atoms with E-state index in [9.17, 15) is 4.79 Å². The third-order valence-corrected chi connectivity index (χ3v) is 10.2. The van der Waals surface area contributed by atoms with Gasteiger partial charge in [0.1, 0.15) is 0 Å². The minimum Gasteiger partial charge on any atom is -0.309 e. The Labute approximate surface area is 252 Å². The number of aromatic nitrogens is 1. The van der Waals surface area contributed by atoms with E-state index in [4.69, 9.17) is 4.98 Å². The van der Waals surface area contributed by atoms with Crippen molar-refractivity contribution in [3.8, 4) is 10.6 Å². The molecule has 3 aromatic carbocycles. The number of nitrogens with zero attached hydrogens (tertiary/aromatic N) is 2. The Morgan fingerprint density at radius 1 is 0.714 bits per heavy atom. The second-order valence-electron chi connectivity index (χ2n) is 12.7. The zero-order valence-electron chi connectivity index (χ0n) is 24.9. The number of fused-ring (bicyclic) bond motifs is 4. The summed E-state index contributed by atoms with van der Waals surface area (Å²) < 4.78 is 0. The van der Waals surface area contributed by atoms with Gasteiger partial charge in [-0.3, -0.25) is 9.78 Å². The molecule has 2 aromatic heterocycles. The Morgan fingerprint density at radius 2 is 1.33 bits per heavy atom. The second kappa shape index (κ2) is 9.37. The zero-order valence-corrected chi connectivity index (χ0v) is 25.8. The number of carbonyl (C=O) groups is 1. The molecule has 208 valence electrons. The molecule has 7 rings (SSSR count). The number of anilines is 3. The summed E-state index contributed by atoms with van der Waals surface area (Å²) in [5, 5.41) is 0. The molecule has 0 atom stereocenters. The first kappa shape index (κ1) is 26.6. The van der Waals surface area contributed by atoms with Gasteiger partial charge in [0.15, 0.2) is 5.78 Å². The second-order valence-corrected chi connectivity index (χ2v) is 13.8. The lowest BCUT2D eigenvalue weighted by atomic mass is 9.82. The molecule has 0 unspecified atom stereocenters. The summed E-state index contributed by atoms with van der Waals surface area (Å²) in [6.07, 6.45) is 4.12. The maximum absolute atomic E-state index is 13.4. The van der Waals surface area contributed by atoms with Crippen molar-refractivity contribution in [3.05, 3.63) is 135 Å². The number of hydrogen-bond donors (Lipinski definition) is 0. The van der Waals surface area contributed by atoms with Gasteiger partial charge < -0.3 is 4.90 Å². The van der Waals surface area contributed by atoms with Gasteiger partial charge in [0.2, 0.25) is 0 Å². The van der Waals surface area contributed by atoms with Crippen LogP contribution in [0.15, 0.2) is 96.7 Å². The Balaban J connectivity index is 1.30. The van der Waals surface area contributed by atoms with E-state index in [2.05, 4.69) is 119 Å². The number of ketones is 1. The van der Waals surface area contributed by atoms with Crippen LogP contribution in [0.25, 0.3) is 16.6 Å². The Hall–Kier alpha value is -4.28. The SMILES string of the molecule is Cc1ccc(N(c2ccc(C)cc2)c2cnc3c(c2)C(C)(C)c2cc(/C=C4\C(=O)c5ccccc5C4(C)C)sc2-3)cc1. The van der Waals surface area contributed by atoms with E-state index in [-0.39, 0.29) is 16.6 Å². The molecular weight excluding hydrogens is 532 g/mol. The maximum atomic E-state index is 13.4. The topological polar surface area (TPSA) is 33.2 Å². The van der Waals surface area contributed by atoms with Gasteiger partial charge in [-0.2, -0.15) is 0 Å². The van der Waals surface area contributed by atoms with Crippen LogP contribution in [0.4, 0.5) is 17.1 Å². The van der Waals surface area contributed by atoms with Gasteiger partial charge >= 0.3 is 0 Å². The summed E-state index contributed by atoms with van der Waals surface area (Å²) in [6, 6.07) is 29.9. The highest BCUT2D eigenvalue weighted by molar-refractivity contribution is 7.16. The van der Waals surface area contributed by atoms with E-state index in [0.29, 0.717) is 0 Å². The number of hydrogen-bond acceptors (Lipinski definition) is 4. The number of aryl methyl sites for hydroxylation is 2. The summed E-state index contributed by atoms with van der Waals surface area (Å²) in [4.78, 5) is 23.1. The predicted octanol–water partition coefficient (Wildman–Crippen LogP) is 10.1. The highest BCUT2D eigenvalue weighted by Gasteiger charge is 2.42. The number of Topliss-reactive ketones (excluding diaryl/α,β-unsaturated/α-hetero) is 1. The largest absolute Gasteiger partial charge is 0.309 e. The summed E-state index contributed by atoms with van der Waals surface area (Å²) in [5.74, 6) is 0.138. The lowest BCUT2D eigenvalue weighted by Crippen LogP contribution is -2.17. The molecule has 2 aliphatic carbocycles. The van der Waals surface area contributed by atoms with Gasteiger partial charge in [0.05, 0.1) is 22.5 Å². The molecule has 0 bridgehead atoms. The van der Waals surface area contributed by atoms with E-state index >= 15 is 0 Å². The van der Waals surface area contributed by atoms with Crippen molar-refractivity contribution in [2.75, 3.05) is 4.90 Å². The van der Waals surface area contributed by atoms with Crippen molar-refractivity contribution in [2.24, 2.45) is 0 Å². The van der Waals surface area contributed by atoms with Crippen LogP contribution >= 0.6 is 11.3 Å². The van der Waals surface area contributed by atoms with Crippen LogP contribution in [0.1, 0.15) is 70.7 Å². The molecule has 0 amide bonds. The highest BCUT2D eigenvalue weighted by atomic mass is 32.1. The third-order valence-electron chi connectivity index (χ3n) is 9.08. The quantitative estimate of drug-likeness (QED) is 0.203. The van der Waals surface area contributed by atoms with E-state index in [1.807, 2.05) is 24.4 Å². The molecule has 2 aliphatic rings. The number of benzene rings is 3. The van der Waals surface area contributed by atoms with Crippen molar-refractivity contribution >= 4 is 40.3 Å². The zero-order chi connectivity index (χ0) is 29.4. The van der Waals surface area contributed by atoms with E-state index in [1.165, 1.54) is 27.1 Å². The summed E-state index contributed by atoms with van der Waals surface area (Å²) >= 11 is 1.74. The lowest BCUT2D eigenvalue weighted by Gasteiger charge is -2.27. The van der Waals surface area contributed by atoms with Gasteiger partial charge in [0, 0.05) is 38.2 Å². The Kier molecular flexibility index (Phi) is 5.93. The van der Waals surface area contributed by atoms with Crippen LogP contribution in [0, 0.1) is 13.8 Å². The molecule has 0 aliphatic heterocycles. The van der Waals surface area contributed by atoms with E-state index in [0.717, 1.165) is 44.3 Å². The van der Waals surface area contributed by atoms with Crippen molar-refractivity contribution in [1.82, 2.24) is 4.98 Å². The summed E-state index contributed by atoms with van der Waals surface area (Å²) in [7, 11) is 0. The smallest absolute Gasteiger partial charge is 0.190 e. The average Bonchev–Trinajstić information content (AvgIpc) is 3.55. The molecule has 2 heterocycles. The summed E-state index contributed by atoms with van der Waals surface area (Å²) in [6.45, 7) is 13.1. The fraction of sp³-hybridized carbons (Fsp3) is 0.211. The molecule has 3 nitrogen and oxygen atoms in total. The molecule has 0 saturated carbocycles. The maximum Gasteiger partial charge on any atom is 0.190 e. The molecule has 0 N–H and O–H groups in total. The van der Waals surface area contributed by atoms with Gasteiger partial charge in [-0.05, 0) is 73.0 Å². The molecule has 0 radical (unpaired) electrons. The fourth-order valence-electron chi connectivity index (χ4n) is 6.52. The number of allylic oxidation sites excluding steroid dienone is 1. The predicted molar refractivity (Wildman–Crippen MR) is 176 cm³/mol. The van der Waals surface area contributed by atoms with Crippen LogP contribution in [-0.2, 0) is 10.8 Å². The van der Waals surface area contributed by atoms with Crippen LogP contribution in [0.3, 0.4) is 0 Å². The minimum absolute atomic E-state index is 0.138. The van der Waals surface area contributed by atoms with Crippen LogP contribution < -0.4 is 4.90 Å². The van der Waals surface area contributed by atoms with E-state index < -0.39 is 0 Å². The van der Waals surface area contributed by atoms with Gasteiger partial charge in [-0.15, -0.1) is 11.3 Å². The third kappa shape index (κ3) is 4.00. The monoisotopic (exact) mass is 566 g/mol. The van der Waals surface area contributed by atoms with Crippen LogP contribution in [0.2, 0.25) is 0 Å². The highest BCUT2D eigenvalue weighted by Crippen LogP contribution is 2.54. The van der Waals surface area contributed by atoms with Crippen LogP contribution in [-0.4, -0.2) is 10.8 Å². The van der Waals surface area contributed by atoms with Crippen LogP contribution in [0.5, 0.6) is 0 Å². The molecule has 0 fully saturated rings. The van der Waals surface area contributed by atoms with Gasteiger partial charge in [0.25, 0.3) is 0 Å². The number of pyridine rings is 1. The summed E-state index contributed by atoms with van der Waals surface area (Å²) in [5.41, 5.74) is 11.5. The van der Waals surface area contributed by atoms with Gasteiger partial charge in [-0.1, -0.05) is 87.4 Å². The lowest BCUT2D eigenvalue weighted by molar-refractivity contribution is 0.103. The van der Waals surface area contributed by atoms with Gasteiger partial charge in [-0.25, -0.2) is 0 Å². The normalized spacial score (nSPS) is 16.8. The average molecular weight is 567 g/mol. The molecular formula is C38H34N2OS. The Morgan fingerprint density at radius 3 is 1.95 bits per heavy atom. The molecule has 5 aromatic rings. The number of thiophene rings is 1. The fourth-order valence-corrected chi connectivity index (χ4v) is 7.80. The standard InChI is InChI=1S/C38H34N2OS/c1-23-11-15-25(16-12-23)40(26-17-13-24(2)14-18-26)27-19-31-34(39-22-27)36-33(38(31,5)6)21-28(42-36)20-32-35(41)29-9-7-8-10-30(29)37(32,3)4/h7-22H,1-6H3/b32-20+. The number of carbonyl (C=O) groups excluding carboxylic acids is 1. The number of rotatable bonds is 4. The molecule has 4 heteroatoms. The van der Waals surface area contributed by atoms with Crippen molar-refractivity contribution in [2.45, 2.75) is 52.4 Å².